The minimum absolute atomic E-state index is 0.827. The molecule has 0 amide bonds. The van der Waals surface area contributed by atoms with Crippen molar-refractivity contribution in [3.63, 3.8) is 0 Å². The van der Waals surface area contributed by atoms with Gasteiger partial charge < -0.3 is 0 Å². The summed E-state index contributed by atoms with van der Waals surface area (Å²) in [6.45, 7) is 2.26. The van der Waals surface area contributed by atoms with Crippen LogP contribution >= 0.6 is 0 Å². The Hall–Kier alpha value is -0.660. The molecular formula is C18H33FO. The van der Waals surface area contributed by atoms with Gasteiger partial charge in [-0.3, -0.25) is 4.79 Å². The lowest BCUT2D eigenvalue weighted by Crippen LogP contribution is -1.83. The molecule has 20 heavy (non-hydrogen) atoms. The molecule has 2 heteroatoms. The lowest BCUT2D eigenvalue weighted by molar-refractivity contribution is -0.124. The standard InChI is InChI=1S/C18H33FO/c1-2-3-4-5-6-7-8-9-10-11-12-13-14-15-16-17-18(19)20/h16-17H,2-15H2,1H3. The first kappa shape index (κ1) is 19.3. The summed E-state index contributed by atoms with van der Waals surface area (Å²) in [6, 6.07) is -1.33. The first-order valence-corrected chi connectivity index (χ1v) is 8.63. The fourth-order valence-electron chi connectivity index (χ4n) is 2.46. The van der Waals surface area contributed by atoms with E-state index in [-0.39, 0.29) is 0 Å². The van der Waals surface area contributed by atoms with Gasteiger partial charge >= 0.3 is 6.04 Å². The predicted octanol–water partition coefficient (Wildman–Crippen LogP) is 6.52. The molecule has 0 aromatic carbocycles. The van der Waals surface area contributed by atoms with Gasteiger partial charge in [-0.25, -0.2) is 0 Å². The Bertz CT molecular complexity index is 236. The molecule has 0 fully saturated rings. The monoisotopic (exact) mass is 284 g/mol. The molecule has 0 saturated carbocycles. The van der Waals surface area contributed by atoms with Crippen molar-refractivity contribution < 1.29 is 9.18 Å². The number of halogens is 1. The largest absolute Gasteiger partial charge is 0.324 e. The van der Waals surface area contributed by atoms with Crippen LogP contribution in [-0.2, 0) is 4.79 Å². The predicted molar refractivity (Wildman–Crippen MR) is 85.6 cm³/mol. The maximum absolute atomic E-state index is 11.8. The highest BCUT2D eigenvalue weighted by Gasteiger charge is 1.93. The van der Waals surface area contributed by atoms with Gasteiger partial charge in [0.25, 0.3) is 0 Å². The van der Waals surface area contributed by atoms with E-state index in [4.69, 9.17) is 0 Å². The van der Waals surface area contributed by atoms with Crippen LogP contribution in [0.3, 0.4) is 0 Å². The smallest absolute Gasteiger partial charge is 0.256 e. The number of hydrogen-bond acceptors (Lipinski definition) is 1. The van der Waals surface area contributed by atoms with Gasteiger partial charge in [-0.05, 0) is 12.8 Å². The van der Waals surface area contributed by atoms with Crippen LogP contribution in [0.4, 0.5) is 4.39 Å². The Morgan fingerprint density at radius 3 is 1.55 bits per heavy atom. The number of carbonyl (C=O) groups is 1. The van der Waals surface area contributed by atoms with Crippen LogP contribution in [0, 0.1) is 0 Å². The normalized spacial score (nSPS) is 11.3. The summed E-state index contributed by atoms with van der Waals surface area (Å²) in [4.78, 5) is 10.0. The molecule has 0 rings (SSSR count). The molecule has 0 atom stereocenters. The summed E-state index contributed by atoms with van der Waals surface area (Å²) in [5, 5.41) is 0. The van der Waals surface area contributed by atoms with Gasteiger partial charge in [-0.2, -0.15) is 4.39 Å². The van der Waals surface area contributed by atoms with Crippen LogP contribution in [-0.4, -0.2) is 6.04 Å². The second-order valence-electron chi connectivity index (χ2n) is 5.74. The number of allylic oxidation sites excluding steroid dienone is 2. The molecule has 0 bridgehead atoms. The highest BCUT2D eigenvalue weighted by molar-refractivity contribution is 5.80. The maximum atomic E-state index is 11.8. The minimum atomic E-state index is -1.33. The summed E-state index contributed by atoms with van der Waals surface area (Å²) in [6.07, 6.45) is 20.9. The number of carbonyl (C=O) groups excluding carboxylic acids is 1. The zero-order chi connectivity index (χ0) is 14.9. The molecule has 0 aliphatic carbocycles. The third kappa shape index (κ3) is 17.3. The van der Waals surface area contributed by atoms with Crippen LogP contribution in [0.25, 0.3) is 0 Å². The van der Waals surface area contributed by atoms with Crippen molar-refractivity contribution in [3.05, 3.63) is 12.2 Å². The van der Waals surface area contributed by atoms with Crippen molar-refractivity contribution >= 4 is 6.04 Å². The summed E-state index contributed by atoms with van der Waals surface area (Å²) in [5.74, 6) is 0. The molecule has 0 aromatic rings. The SMILES string of the molecule is CCCCCCCCCCCCCCCC=CC(=O)F. The van der Waals surface area contributed by atoms with E-state index in [1.165, 1.54) is 77.0 Å². The highest BCUT2D eigenvalue weighted by atomic mass is 19.1. The van der Waals surface area contributed by atoms with Crippen LogP contribution in [0.2, 0.25) is 0 Å². The average Bonchev–Trinajstić information content (AvgIpc) is 2.43. The Labute approximate surface area is 125 Å². The molecule has 0 unspecified atom stereocenters. The summed E-state index contributed by atoms with van der Waals surface area (Å²) in [5.41, 5.74) is 0. The number of rotatable bonds is 15. The molecule has 0 aliphatic rings. The zero-order valence-corrected chi connectivity index (χ0v) is 13.3. The summed E-state index contributed by atoms with van der Waals surface area (Å²) in [7, 11) is 0. The Kier molecular flexibility index (Phi) is 15.9. The van der Waals surface area contributed by atoms with E-state index in [9.17, 15) is 9.18 Å². The third-order valence-electron chi connectivity index (χ3n) is 3.72. The molecule has 0 aliphatic heterocycles. The molecule has 118 valence electrons. The third-order valence-corrected chi connectivity index (χ3v) is 3.72. The molecule has 1 nitrogen and oxygen atoms in total. The Morgan fingerprint density at radius 1 is 0.750 bits per heavy atom. The lowest BCUT2D eigenvalue weighted by atomic mass is 10.0. The van der Waals surface area contributed by atoms with E-state index in [2.05, 4.69) is 6.92 Å². The lowest BCUT2D eigenvalue weighted by Gasteiger charge is -2.02. The minimum Gasteiger partial charge on any atom is -0.256 e. The first-order valence-electron chi connectivity index (χ1n) is 8.63. The van der Waals surface area contributed by atoms with Gasteiger partial charge in [-0.1, -0.05) is 90.0 Å². The number of unbranched alkanes of at least 4 members (excludes halogenated alkanes) is 13. The van der Waals surface area contributed by atoms with Gasteiger partial charge in [0, 0.05) is 6.08 Å². The van der Waals surface area contributed by atoms with E-state index in [1.54, 1.807) is 6.08 Å². The fraction of sp³-hybridized carbons (Fsp3) is 0.833. The maximum Gasteiger partial charge on any atom is 0.324 e. The molecule has 0 radical (unpaired) electrons. The van der Waals surface area contributed by atoms with Gasteiger partial charge in [0.15, 0.2) is 0 Å². The second-order valence-corrected chi connectivity index (χ2v) is 5.74. The molecular weight excluding hydrogens is 251 g/mol. The van der Waals surface area contributed by atoms with Crippen molar-refractivity contribution in [2.45, 2.75) is 96.8 Å². The van der Waals surface area contributed by atoms with E-state index in [1.807, 2.05) is 0 Å². The van der Waals surface area contributed by atoms with Gasteiger partial charge in [0.1, 0.15) is 0 Å². The van der Waals surface area contributed by atoms with Crippen LogP contribution in [0.15, 0.2) is 12.2 Å². The van der Waals surface area contributed by atoms with Crippen LogP contribution < -0.4 is 0 Å². The van der Waals surface area contributed by atoms with Crippen molar-refractivity contribution in [3.8, 4) is 0 Å². The van der Waals surface area contributed by atoms with Crippen LogP contribution in [0.1, 0.15) is 96.8 Å². The fourth-order valence-corrected chi connectivity index (χ4v) is 2.46. The highest BCUT2D eigenvalue weighted by Crippen LogP contribution is 2.12. The quantitative estimate of drug-likeness (QED) is 0.190. The van der Waals surface area contributed by atoms with Crippen molar-refractivity contribution in [1.29, 1.82) is 0 Å². The van der Waals surface area contributed by atoms with Gasteiger partial charge in [0.05, 0.1) is 0 Å². The molecule has 0 saturated heterocycles. The van der Waals surface area contributed by atoms with E-state index in [0.29, 0.717) is 0 Å². The molecule has 0 aromatic heterocycles. The average molecular weight is 284 g/mol. The van der Waals surface area contributed by atoms with E-state index >= 15 is 0 Å². The Balaban J connectivity index is 3.01. The molecule has 0 spiro atoms. The number of hydrogen-bond donors (Lipinski definition) is 0. The molecule has 0 heterocycles. The summed E-state index contributed by atoms with van der Waals surface area (Å²) < 4.78 is 11.8. The van der Waals surface area contributed by atoms with Gasteiger partial charge in [0.2, 0.25) is 0 Å². The van der Waals surface area contributed by atoms with E-state index in [0.717, 1.165) is 18.9 Å². The van der Waals surface area contributed by atoms with Crippen molar-refractivity contribution in [2.24, 2.45) is 0 Å². The second kappa shape index (κ2) is 16.4. The summed E-state index contributed by atoms with van der Waals surface area (Å²) >= 11 is 0. The topological polar surface area (TPSA) is 17.1 Å². The van der Waals surface area contributed by atoms with Crippen LogP contribution in [0.5, 0.6) is 0 Å². The van der Waals surface area contributed by atoms with Crippen molar-refractivity contribution in [1.82, 2.24) is 0 Å². The first-order chi connectivity index (χ1) is 9.77. The van der Waals surface area contributed by atoms with E-state index < -0.39 is 6.04 Å². The van der Waals surface area contributed by atoms with Gasteiger partial charge in [-0.15, -0.1) is 0 Å². The molecule has 0 N–H and O–H groups in total. The zero-order valence-electron chi connectivity index (χ0n) is 13.3. The van der Waals surface area contributed by atoms with Crippen molar-refractivity contribution in [2.75, 3.05) is 0 Å². The Morgan fingerprint density at radius 2 is 1.15 bits per heavy atom.